The Morgan fingerprint density at radius 1 is 1.25 bits per heavy atom. The monoisotopic (exact) mass is 387 g/mol. The number of aliphatic hydroxyl groups excluding tert-OH is 1. The molecule has 0 spiro atoms. The smallest absolute Gasteiger partial charge is 0.318 e. The average Bonchev–Trinajstić information content (AvgIpc) is 2.64. The highest BCUT2D eigenvalue weighted by molar-refractivity contribution is 5.78. The van der Waals surface area contributed by atoms with Gasteiger partial charge in [-0.25, -0.2) is 4.79 Å². The molecule has 154 valence electrons. The van der Waals surface area contributed by atoms with Crippen LogP contribution < -0.4 is 5.32 Å². The summed E-state index contributed by atoms with van der Waals surface area (Å²) in [4.78, 5) is 28.2. The number of hydrogen-bond donors (Lipinski definition) is 2. The molecule has 6 nitrogen and oxygen atoms in total. The second-order valence-electron chi connectivity index (χ2n) is 7.65. The first-order valence-corrected chi connectivity index (χ1v) is 10.00. The molecule has 1 heterocycles. The molecule has 0 bridgehead atoms. The van der Waals surface area contributed by atoms with E-state index in [1.165, 1.54) is 0 Å². The third-order valence-corrected chi connectivity index (χ3v) is 5.25. The van der Waals surface area contributed by atoms with E-state index in [9.17, 15) is 14.7 Å². The maximum Gasteiger partial charge on any atom is 0.318 e. The number of hydrogen-bond acceptors (Lipinski definition) is 3. The third-order valence-electron chi connectivity index (χ3n) is 5.25. The van der Waals surface area contributed by atoms with Crippen LogP contribution in [0.2, 0.25) is 0 Å². The number of likely N-dealkylation sites (tertiary alicyclic amines) is 1. The zero-order chi connectivity index (χ0) is 20.8. The molecule has 1 fully saturated rings. The Balaban J connectivity index is 2.31. The first-order chi connectivity index (χ1) is 13.3. The van der Waals surface area contributed by atoms with Gasteiger partial charge in [-0.05, 0) is 31.9 Å². The van der Waals surface area contributed by atoms with Crippen molar-refractivity contribution in [3.63, 3.8) is 0 Å². The van der Waals surface area contributed by atoms with Gasteiger partial charge in [0.25, 0.3) is 0 Å². The van der Waals surface area contributed by atoms with Crippen LogP contribution in [-0.4, -0.2) is 65.2 Å². The fraction of sp³-hybridized carbons (Fsp3) is 0.545. The summed E-state index contributed by atoms with van der Waals surface area (Å²) in [7, 11) is 1.77. The van der Waals surface area contributed by atoms with Gasteiger partial charge in [0, 0.05) is 32.0 Å². The second-order valence-corrected chi connectivity index (χ2v) is 7.65. The normalized spacial score (nSPS) is 21.7. The molecule has 1 aromatic carbocycles. The van der Waals surface area contributed by atoms with E-state index in [0.29, 0.717) is 13.0 Å². The number of carbonyl (C=O) groups excluding carboxylic acids is 2. The quantitative estimate of drug-likeness (QED) is 0.756. The van der Waals surface area contributed by atoms with E-state index in [2.05, 4.69) is 17.4 Å². The Morgan fingerprint density at radius 3 is 2.39 bits per heavy atom. The Kier molecular flexibility index (Phi) is 7.63. The zero-order valence-corrected chi connectivity index (χ0v) is 17.6. The predicted octanol–water partition coefficient (Wildman–Crippen LogP) is 2.83. The van der Waals surface area contributed by atoms with Crippen LogP contribution in [0, 0.1) is 0 Å². The molecule has 6 heteroatoms. The second kappa shape index (κ2) is 9.73. The Morgan fingerprint density at radius 2 is 1.89 bits per heavy atom. The number of nitrogens with zero attached hydrogens (tertiary/aromatic N) is 2. The van der Waals surface area contributed by atoms with E-state index in [1.807, 2.05) is 52.0 Å². The lowest BCUT2D eigenvalue weighted by molar-refractivity contribution is -0.131. The summed E-state index contributed by atoms with van der Waals surface area (Å²) < 4.78 is 0. The van der Waals surface area contributed by atoms with Crippen molar-refractivity contribution in [2.24, 2.45) is 0 Å². The van der Waals surface area contributed by atoms with Crippen LogP contribution in [0.25, 0.3) is 6.08 Å². The number of rotatable bonds is 7. The largest absolute Gasteiger partial charge is 0.394 e. The molecule has 3 amide bonds. The molecule has 0 aromatic heterocycles. The van der Waals surface area contributed by atoms with Crippen molar-refractivity contribution in [1.82, 2.24) is 15.1 Å². The minimum Gasteiger partial charge on any atom is -0.394 e. The van der Waals surface area contributed by atoms with Crippen molar-refractivity contribution >= 4 is 18.0 Å². The van der Waals surface area contributed by atoms with Crippen LogP contribution in [0.3, 0.4) is 0 Å². The number of carbonyl (C=O) groups is 2. The van der Waals surface area contributed by atoms with Gasteiger partial charge in [-0.1, -0.05) is 43.3 Å². The molecule has 0 aliphatic carbocycles. The topological polar surface area (TPSA) is 72.9 Å². The molecular weight excluding hydrogens is 354 g/mol. The van der Waals surface area contributed by atoms with Crippen LogP contribution in [0.5, 0.6) is 0 Å². The number of amides is 3. The summed E-state index contributed by atoms with van der Waals surface area (Å²) in [6, 6.07) is 7.51. The summed E-state index contributed by atoms with van der Waals surface area (Å²) in [5.74, 6) is 0.0218. The van der Waals surface area contributed by atoms with Crippen molar-refractivity contribution in [2.75, 3.05) is 20.2 Å². The SMILES string of the molecule is CC=Cc1ccc([C@H]2[C@@H](CO)N(C(=O)NC(C)C)[C@H]2CN(C)C(=O)CC)cc1. The maximum atomic E-state index is 12.7. The van der Waals surface area contributed by atoms with Gasteiger partial charge in [0.1, 0.15) is 0 Å². The van der Waals surface area contributed by atoms with Gasteiger partial charge in [0.2, 0.25) is 5.91 Å². The summed E-state index contributed by atoms with van der Waals surface area (Å²) in [6.45, 7) is 7.95. The summed E-state index contributed by atoms with van der Waals surface area (Å²) in [5.41, 5.74) is 2.18. The van der Waals surface area contributed by atoms with Crippen LogP contribution in [0.1, 0.15) is 51.2 Å². The number of nitrogens with one attached hydrogen (secondary N) is 1. The zero-order valence-electron chi connectivity index (χ0n) is 17.6. The van der Waals surface area contributed by atoms with Crippen molar-refractivity contribution in [3.05, 3.63) is 41.5 Å². The highest BCUT2D eigenvalue weighted by Gasteiger charge is 2.51. The van der Waals surface area contributed by atoms with Gasteiger partial charge in [0.05, 0.1) is 18.7 Å². The third kappa shape index (κ3) is 4.73. The van der Waals surface area contributed by atoms with E-state index >= 15 is 0 Å². The van der Waals surface area contributed by atoms with Crippen LogP contribution >= 0.6 is 0 Å². The van der Waals surface area contributed by atoms with Gasteiger partial charge in [-0.2, -0.15) is 0 Å². The minimum absolute atomic E-state index is 0.00154. The van der Waals surface area contributed by atoms with Crippen molar-refractivity contribution in [2.45, 2.75) is 58.2 Å². The molecule has 0 unspecified atom stereocenters. The maximum absolute atomic E-state index is 12.7. The molecule has 1 saturated heterocycles. The van der Waals surface area contributed by atoms with Gasteiger partial charge < -0.3 is 20.2 Å². The summed E-state index contributed by atoms with van der Waals surface area (Å²) in [6.07, 6.45) is 4.44. The van der Waals surface area contributed by atoms with Crippen molar-refractivity contribution in [1.29, 1.82) is 0 Å². The van der Waals surface area contributed by atoms with Crippen molar-refractivity contribution in [3.8, 4) is 0 Å². The Labute approximate surface area is 168 Å². The van der Waals surface area contributed by atoms with E-state index < -0.39 is 0 Å². The first kappa shape index (κ1) is 22.0. The van der Waals surface area contributed by atoms with Crippen molar-refractivity contribution < 1.29 is 14.7 Å². The fourth-order valence-corrected chi connectivity index (χ4v) is 3.89. The summed E-state index contributed by atoms with van der Waals surface area (Å²) in [5, 5.41) is 12.9. The lowest BCUT2D eigenvalue weighted by Gasteiger charge is -2.55. The molecule has 2 rings (SSSR count). The molecular formula is C22H33N3O3. The molecule has 28 heavy (non-hydrogen) atoms. The van der Waals surface area contributed by atoms with E-state index in [1.54, 1.807) is 16.8 Å². The van der Waals surface area contributed by atoms with Gasteiger partial charge in [-0.15, -0.1) is 0 Å². The highest BCUT2D eigenvalue weighted by Crippen LogP contribution is 2.41. The lowest BCUT2D eigenvalue weighted by Crippen LogP contribution is -2.70. The number of urea groups is 1. The molecule has 1 aliphatic rings. The van der Waals surface area contributed by atoms with E-state index in [4.69, 9.17) is 0 Å². The number of likely N-dealkylation sites (N-methyl/N-ethyl adjacent to an activating group) is 1. The van der Waals surface area contributed by atoms with Gasteiger partial charge in [0.15, 0.2) is 0 Å². The highest BCUT2D eigenvalue weighted by atomic mass is 16.3. The van der Waals surface area contributed by atoms with Gasteiger partial charge >= 0.3 is 6.03 Å². The Bertz CT molecular complexity index is 699. The summed E-state index contributed by atoms with van der Waals surface area (Å²) >= 11 is 0. The Hall–Kier alpha value is -2.34. The molecule has 3 atom stereocenters. The average molecular weight is 388 g/mol. The first-order valence-electron chi connectivity index (χ1n) is 10.00. The fourth-order valence-electron chi connectivity index (χ4n) is 3.89. The molecule has 0 radical (unpaired) electrons. The number of allylic oxidation sites excluding steroid dienone is 1. The number of benzene rings is 1. The van der Waals surface area contributed by atoms with Crippen LogP contribution in [0.4, 0.5) is 4.79 Å². The van der Waals surface area contributed by atoms with Crippen LogP contribution in [-0.2, 0) is 4.79 Å². The van der Waals surface area contributed by atoms with Gasteiger partial charge in [-0.3, -0.25) is 4.79 Å². The standard InChI is InChI=1S/C22H33N3O3/c1-6-8-16-9-11-17(12-10-16)21-18(13-24(5)20(27)7-2)25(19(21)14-26)22(28)23-15(3)4/h6,8-12,15,18-19,21,26H,7,13-14H2,1-5H3,(H,23,28)/t18-,19+,21+/m0/s1. The lowest BCUT2D eigenvalue weighted by atomic mass is 9.75. The molecule has 1 aromatic rings. The molecule has 1 aliphatic heterocycles. The minimum atomic E-state index is -0.304. The molecule has 2 N–H and O–H groups in total. The van der Waals surface area contributed by atoms with Crippen LogP contribution in [0.15, 0.2) is 30.3 Å². The predicted molar refractivity (Wildman–Crippen MR) is 112 cm³/mol. The van der Waals surface area contributed by atoms with E-state index in [0.717, 1.165) is 11.1 Å². The van der Waals surface area contributed by atoms with E-state index in [-0.39, 0.29) is 42.6 Å². The number of aliphatic hydroxyl groups is 1. The molecule has 0 saturated carbocycles.